The number of nitrogens with two attached hydrogens (primary N) is 1. The summed E-state index contributed by atoms with van der Waals surface area (Å²) in [5.41, 5.74) is 2.11. The second-order valence-electron chi connectivity index (χ2n) is 3.08. The van der Waals surface area contributed by atoms with Gasteiger partial charge in [0.1, 0.15) is 6.33 Å². The Hall–Kier alpha value is -1.14. The molecule has 0 aliphatic rings. The zero-order valence-electron chi connectivity index (χ0n) is 8.51. The van der Waals surface area contributed by atoms with E-state index in [4.69, 9.17) is 5.84 Å². The van der Waals surface area contributed by atoms with Crippen molar-refractivity contribution in [1.29, 1.82) is 0 Å². The number of hydrazine groups is 1. The zero-order chi connectivity index (χ0) is 11.1. The van der Waals surface area contributed by atoms with Gasteiger partial charge in [-0.1, -0.05) is 6.92 Å². The number of carbonyl (C=O) groups is 1. The Morgan fingerprint density at radius 1 is 1.73 bits per heavy atom. The Morgan fingerprint density at radius 2 is 2.53 bits per heavy atom. The minimum absolute atomic E-state index is 0.134. The van der Waals surface area contributed by atoms with Crippen LogP contribution < -0.4 is 11.3 Å². The molecule has 1 unspecified atom stereocenters. The molecule has 0 saturated heterocycles. The summed E-state index contributed by atoms with van der Waals surface area (Å²) in [5.74, 6) is 4.85. The van der Waals surface area contributed by atoms with E-state index < -0.39 is 0 Å². The summed E-state index contributed by atoms with van der Waals surface area (Å²) in [6.07, 6.45) is 4.43. The molecule has 6 heteroatoms. The lowest BCUT2D eigenvalue weighted by molar-refractivity contribution is -0.121. The first kappa shape index (κ1) is 11.9. The van der Waals surface area contributed by atoms with Gasteiger partial charge in [-0.25, -0.2) is 15.8 Å². The number of amides is 1. The number of hydrogen-bond acceptors (Lipinski definition) is 5. The highest BCUT2D eigenvalue weighted by Gasteiger charge is 2.07. The molecule has 0 saturated carbocycles. The lowest BCUT2D eigenvalue weighted by Crippen LogP contribution is -2.30. The third-order valence-electron chi connectivity index (χ3n) is 1.82. The Labute approximate surface area is 92.8 Å². The van der Waals surface area contributed by atoms with Crippen molar-refractivity contribution in [2.45, 2.75) is 30.0 Å². The third-order valence-corrected chi connectivity index (χ3v) is 2.94. The molecule has 1 rings (SSSR count). The van der Waals surface area contributed by atoms with Crippen LogP contribution in [0, 0.1) is 0 Å². The maximum Gasteiger partial charge on any atom is 0.233 e. The predicted octanol–water partition coefficient (Wildman–Crippen LogP) is 0.727. The average Bonchev–Trinajstić information content (AvgIpc) is 2.27. The minimum Gasteiger partial charge on any atom is -0.294 e. The van der Waals surface area contributed by atoms with E-state index in [-0.39, 0.29) is 5.91 Å². The molecule has 3 N–H and O–H groups in total. The quantitative estimate of drug-likeness (QED) is 0.254. The van der Waals surface area contributed by atoms with E-state index in [1.54, 1.807) is 18.0 Å². The first-order valence-corrected chi connectivity index (χ1v) is 5.52. The van der Waals surface area contributed by atoms with E-state index in [1.165, 1.54) is 6.33 Å². The van der Waals surface area contributed by atoms with E-state index in [9.17, 15) is 4.79 Å². The van der Waals surface area contributed by atoms with Crippen LogP contribution in [0.15, 0.2) is 23.6 Å². The summed E-state index contributed by atoms with van der Waals surface area (Å²) in [7, 11) is 0. The molecule has 0 aliphatic carbocycles. The fourth-order valence-electron chi connectivity index (χ4n) is 1.02. The van der Waals surface area contributed by atoms with Gasteiger partial charge in [-0.05, 0) is 12.5 Å². The minimum atomic E-state index is -0.134. The molecule has 0 aromatic carbocycles. The van der Waals surface area contributed by atoms with Crippen LogP contribution in [0.4, 0.5) is 0 Å². The zero-order valence-corrected chi connectivity index (χ0v) is 9.33. The van der Waals surface area contributed by atoms with E-state index in [0.29, 0.717) is 11.7 Å². The topological polar surface area (TPSA) is 80.9 Å². The Balaban J connectivity index is 2.30. The molecule has 0 bridgehead atoms. The van der Waals surface area contributed by atoms with Crippen molar-refractivity contribution in [1.82, 2.24) is 15.4 Å². The van der Waals surface area contributed by atoms with Gasteiger partial charge in [-0.2, -0.15) is 0 Å². The molecule has 1 amide bonds. The van der Waals surface area contributed by atoms with Crippen molar-refractivity contribution in [2.24, 2.45) is 5.84 Å². The first-order chi connectivity index (χ1) is 7.22. The maximum atomic E-state index is 10.9. The van der Waals surface area contributed by atoms with Gasteiger partial charge in [0.15, 0.2) is 0 Å². The maximum absolute atomic E-state index is 10.9. The van der Waals surface area contributed by atoms with Crippen molar-refractivity contribution < 1.29 is 4.79 Å². The van der Waals surface area contributed by atoms with Crippen LogP contribution in [0.3, 0.4) is 0 Å². The van der Waals surface area contributed by atoms with Crippen LogP contribution in [0.5, 0.6) is 0 Å². The summed E-state index contributed by atoms with van der Waals surface area (Å²) in [6.45, 7) is 2.05. The Kier molecular flexibility index (Phi) is 5.06. The number of nitrogens with zero attached hydrogens (tertiary/aromatic N) is 2. The lowest BCUT2D eigenvalue weighted by Gasteiger charge is -2.08. The van der Waals surface area contributed by atoms with Gasteiger partial charge in [-0.3, -0.25) is 10.2 Å². The van der Waals surface area contributed by atoms with Gasteiger partial charge < -0.3 is 0 Å². The van der Waals surface area contributed by atoms with Crippen molar-refractivity contribution >= 4 is 17.7 Å². The van der Waals surface area contributed by atoms with Gasteiger partial charge in [0.05, 0.1) is 5.03 Å². The number of rotatable bonds is 5. The predicted molar refractivity (Wildman–Crippen MR) is 58.9 cm³/mol. The van der Waals surface area contributed by atoms with Gasteiger partial charge in [0.25, 0.3) is 0 Å². The molecule has 15 heavy (non-hydrogen) atoms. The second-order valence-corrected chi connectivity index (χ2v) is 4.54. The fraction of sp³-hybridized carbons (Fsp3) is 0.444. The molecule has 1 atom stereocenters. The van der Waals surface area contributed by atoms with E-state index in [2.05, 4.69) is 22.3 Å². The molecule has 1 heterocycles. The standard InChI is InChI=1S/C9H14N4OS/c1-7(2-3-8(14)13-10)15-9-4-5-11-6-12-9/h4-7H,2-3,10H2,1H3,(H,13,14). The smallest absolute Gasteiger partial charge is 0.233 e. The highest BCUT2D eigenvalue weighted by atomic mass is 32.2. The molecule has 0 radical (unpaired) electrons. The van der Waals surface area contributed by atoms with Crippen molar-refractivity contribution in [3.8, 4) is 0 Å². The lowest BCUT2D eigenvalue weighted by atomic mass is 10.2. The van der Waals surface area contributed by atoms with Crippen LogP contribution >= 0.6 is 11.8 Å². The number of nitrogens with one attached hydrogen (secondary N) is 1. The molecule has 0 spiro atoms. The molecular formula is C9H14N4OS. The molecule has 1 aromatic rings. The number of hydrogen-bond donors (Lipinski definition) is 2. The fourth-order valence-corrected chi connectivity index (χ4v) is 1.92. The van der Waals surface area contributed by atoms with Crippen LogP contribution in [0.25, 0.3) is 0 Å². The highest BCUT2D eigenvalue weighted by Crippen LogP contribution is 2.23. The SMILES string of the molecule is CC(CCC(=O)NN)Sc1ccncn1. The summed E-state index contributed by atoms with van der Waals surface area (Å²) in [5, 5.41) is 1.25. The van der Waals surface area contributed by atoms with Crippen LogP contribution in [-0.4, -0.2) is 21.1 Å². The molecule has 82 valence electrons. The Morgan fingerprint density at radius 3 is 3.13 bits per heavy atom. The highest BCUT2D eigenvalue weighted by molar-refractivity contribution is 7.99. The number of aromatic nitrogens is 2. The first-order valence-electron chi connectivity index (χ1n) is 4.64. The second kappa shape index (κ2) is 6.36. The van der Waals surface area contributed by atoms with E-state index in [0.717, 1.165) is 11.4 Å². The molecule has 0 fully saturated rings. The molecule has 0 aliphatic heterocycles. The number of thioether (sulfide) groups is 1. The average molecular weight is 226 g/mol. The normalized spacial score (nSPS) is 12.1. The number of carbonyl (C=O) groups excluding carboxylic acids is 1. The van der Waals surface area contributed by atoms with Gasteiger partial charge in [-0.15, -0.1) is 11.8 Å². The van der Waals surface area contributed by atoms with Crippen molar-refractivity contribution in [2.75, 3.05) is 0 Å². The molecule has 5 nitrogen and oxygen atoms in total. The monoisotopic (exact) mass is 226 g/mol. The van der Waals surface area contributed by atoms with Crippen molar-refractivity contribution in [3.63, 3.8) is 0 Å². The van der Waals surface area contributed by atoms with E-state index in [1.807, 2.05) is 6.07 Å². The van der Waals surface area contributed by atoms with Crippen LogP contribution in [-0.2, 0) is 4.79 Å². The van der Waals surface area contributed by atoms with Gasteiger partial charge >= 0.3 is 0 Å². The van der Waals surface area contributed by atoms with Gasteiger partial charge in [0, 0.05) is 17.9 Å². The summed E-state index contributed by atoms with van der Waals surface area (Å²) < 4.78 is 0. The summed E-state index contributed by atoms with van der Waals surface area (Å²) >= 11 is 1.62. The summed E-state index contributed by atoms with van der Waals surface area (Å²) in [4.78, 5) is 18.8. The molecular weight excluding hydrogens is 212 g/mol. The van der Waals surface area contributed by atoms with Crippen molar-refractivity contribution in [3.05, 3.63) is 18.6 Å². The Bertz CT molecular complexity index is 306. The largest absolute Gasteiger partial charge is 0.294 e. The van der Waals surface area contributed by atoms with Gasteiger partial charge in [0.2, 0.25) is 5.91 Å². The molecule has 1 aromatic heterocycles. The van der Waals surface area contributed by atoms with Crippen LogP contribution in [0.1, 0.15) is 19.8 Å². The van der Waals surface area contributed by atoms with Crippen LogP contribution in [0.2, 0.25) is 0 Å². The summed E-state index contributed by atoms with van der Waals surface area (Å²) in [6, 6.07) is 1.85. The third kappa shape index (κ3) is 4.75. The van der Waals surface area contributed by atoms with E-state index >= 15 is 0 Å².